The molecule has 1 N–H and O–H groups in total. The van der Waals surface area contributed by atoms with Gasteiger partial charge in [-0.25, -0.2) is 0 Å². The van der Waals surface area contributed by atoms with Crippen molar-refractivity contribution in [1.82, 2.24) is 20.1 Å². The first-order chi connectivity index (χ1) is 8.70. The molecule has 0 saturated heterocycles. The SMILES string of the molecule is CCn1cnnc1CNC(C)c1ccc(Br)cc1. The maximum atomic E-state index is 4.11. The van der Waals surface area contributed by atoms with E-state index >= 15 is 0 Å². The van der Waals surface area contributed by atoms with Crippen LogP contribution in [0.3, 0.4) is 0 Å². The van der Waals surface area contributed by atoms with Crippen LogP contribution >= 0.6 is 15.9 Å². The number of halogens is 1. The lowest BCUT2D eigenvalue weighted by molar-refractivity contribution is 0.539. The molecule has 5 heteroatoms. The molecule has 4 nitrogen and oxygen atoms in total. The summed E-state index contributed by atoms with van der Waals surface area (Å²) >= 11 is 3.44. The molecule has 0 radical (unpaired) electrons. The Hall–Kier alpha value is -1.20. The van der Waals surface area contributed by atoms with Crippen LogP contribution in [0, 0.1) is 0 Å². The van der Waals surface area contributed by atoms with E-state index in [1.54, 1.807) is 6.33 Å². The number of aromatic nitrogens is 3. The van der Waals surface area contributed by atoms with Crippen molar-refractivity contribution in [3.63, 3.8) is 0 Å². The molecule has 2 aromatic rings. The van der Waals surface area contributed by atoms with Gasteiger partial charge in [0.15, 0.2) is 0 Å². The summed E-state index contributed by atoms with van der Waals surface area (Å²) in [5.41, 5.74) is 1.26. The predicted molar refractivity (Wildman–Crippen MR) is 75.1 cm³/mol. The fraction of sp³-hybridized carbons (Fsp3) is 0.385. The lowest BCUT2D eigenvalue weighted by Crippen LogP contribution is -2.20. The standard InChI is InChI=1S/C13H17BrN4/c1-3-18-9-16-17-13(18)8-15-10(2)11-4-6-12(14)7-5-11/h4-7,9-10,15H,3,8H2,1-2H3. The smallest absolute Gasteiger partial charge is 0.146 e. The molecule has 0 saturated carbocycles. The molecule has 0 aliphatic heterocycles. The maximum Gasteiger partial charge on any atom is 0.146 e. The van der Waals surface area contributed by atoms with Crippen molar-refractivity contribution in [3.05, 3.63) is 46.5 Å². The lowest BCUT2D eigenvalue weighted by atomic mass is 10.1. The molecule has 1 aromatic heterocycles. The summed E-state index contributed by atoms with van der Waals surface area (Å²) < 4.78 is 3.14. The molecule has 1 atom stereocenters. The van der Waals surface area contributed by atoms with E-state index in [0.29, 0.717) is 6.04 Å². The van der Waals surface area contributed by atoms with E-state index in [4.69, 9.17) is 0 Å². The molecular weight excluding hydrogens is 292 g/mol. The molecule has 0 amide bonds. The van der Waals surface area contributed by atoms with Gasteiger partial charge in [0.25, 0.3) is 0 Å². The van der Waals surface area contributed by atoms with Crippen molar-refractivity contribution in [1.29, 1.82) is 0 Å². The minimum atomic E-state index is 0.292. The summed E-state index contributed by atoms with van der Waals surface area (Å²) in [5.74, 6) is 0.974. The number of nitrogens with zero attached hydrogens (tertiary/aromatic N) is 3. The van der Waals surface area contributed by atoms with Crippen LogP contribution in [0.5, 0.6) is 0 Å². The van der Waals surface area contributed by atoms with Crippen molar-refractivity contribution < 1.29 is 0 Å². The minimum absolute atomic E-state index is 0.292. The molecule has 0 aliphatic rings. The van der Waals surface area contributed by atoms with E-state index in [1.165, 1.54) is 5.56 Å². The van der Waals surface area contributed by atoms with Crippen LogP contribution in [0.1, 0.15) is 31.3 Å². The highest BCUT2D eigenvalue weighted by molar-refractivity contribution is 9.10. The van der Waals surface area contributed by atoms with Crippen molar-refractivity contribution in [2.75, 3.05) is 0 Å². The number of aryl methyl sites for hydroxylation is 1. The Morgan fingerprint density at radius 2 is 2.06 bits per heavy atom. The molecule has 96 valence electrons. The number of benzene rings is 1. The minimum Gasteiger partial charge on any atom is -0.317 e. The fourth-order valence-corrected chi connectivity index (χ4v) is 2.06. The molecule has 0 bridgehead atoms. The van der Waals surface area contributed by atoms with E-state index in [9.17, 15) is 0 Å². The van der Waals surface area contributed by atoms with Gasteiger partial charge in [0.2, 0.25) is 0 Å². The molecule has 18 heavy (non-hydrogen) atoms. The second kappa shape index (κ2) is 6.11. The topological polar surface area (TPSA) is 42.7 Å². The Balaban J connectivity index is 1.96. The summed E-state index contributed by atoms with van der Waals surface area (Å²) in [6, 6.07) is 8.64. The largest absolute Gasteiger partial charge is 0.317 e. The third-order valence-corrected chi connectivity index (χ3v) is 3.50. The van der Waals surface area contributed by atoms with Gasteiger partial charge in [0, 0.05) is 17.1 Å². The van der Waals surface area contributed by atoms with Gasteiger partial charge in [0.05, 0.1) is 6.54 Å². The Morgan fingerprint density at radius 1 is 1.33 bits per heavy atom. The molecular formula is C13H17BrN4. The van der Waals surface area contributed by atoms with Crippen LogP contribution in [0.15, 0.2) is 35.1 Å². The number of hydrogen-bond donors (Lipinski definition) is 1. The molecule has 0 fully saturated rings. The van der Waals surface area contributed by atoms with Crippen LogP contribution in [0.4, 0.5) is 0 Å². The zero-order valence-corrected chi connectivity index (χ0v) is 12.2. The lowest BCUT2D eigenvalue weighted by Gasteiger charge is -2.14. The Kier molecular flexibility index (Phi) is 4.49. The summed E-state index contributed by atoms with van der Waals surface area (Å²) in [6.07, 6.45) is 1.77. The highest BCUT2D eigenvalue weighted by Gasteiger charge is 2.07. The quantitative estimate of drug-likeness (QED) is 0.923. The zero-order chi connectivity index (χ0) is 13.0. The monoisotopic (exact) mass is 308 g/mol. The maximum absolute atomic E-state index is 4.11. The van der Waals surface area contributed by atoms with Crippen LogP contribution < -0.4 is 5.32 Å². The summed E-state index contributed by atoms with van der Waals surface area (Å²) in [6.45, 7) is 5.86. The van der Waals surface area contributed by atoms with Crippen molar-refractivity contribution in [3.8, 4) is 0 Å². The third kappa shape index (κ3) is 3.17. The van der Waals surface area contributed by atoms with Gasteiger partial charge in [-0.05, 0) is 31.5 Å². The molecule has 2 rings (SSSR count). The molecule has 1 unspecified atom stereocenters. The van der Waals surface area contributed by atoms with Gasteiger partial charge in [-0.3, -0.25) is 0 Å². The first kappa shape index (κ1) is 13.2. The van der Waals surface area contributed by atoms with E-state index in [0.717, 1.165) is 23.4 Å². The van der Waals surface area contributed by atoms with Gasteiger partial charge < -0.3 is 9.88 Å². The van der Waals surface area contributed by atoms with Gasteiger partial charge >= 0.3 is 0 Å². The van der Waals surface area contributed by atoms with E-state index in [2.05, 4.69) is 69.6 Å². The third-order valence-electron chi connectivity index (χ3n) is 2.97. The summed E-state index contributed by atoms with van der Waals surface area (Å²) in [7, 11) is 0. The van der Waals surface area contributed by atoms with Crippen LogP contribution in [0.2, 0.25) is 0 Å². The zero-order valence-electron chi connectivity index (χ0n) is 10.6. The van der Waals surface area contributed by atoms with E-state index < -0.39 is 0 Å². The van der Waals surface area contributed by atoms with Crippen molar-refractivity contribution >= 4 is 15.9 Å². The molecule has 1 aromatic carbocycles. The molecule has 0 aliphatic carbocycles. The van der Waals surface area contributed by atoms with E-state index in [1.807, 2.05) is 4.57 Å². The van der Waals surface area contributed by atoms with Crippen LogP contribution in [0.25, 0.3) is 0 Å². The number of hydrogen-bond acceptors (Lipinski definition) is 3. The average molecular weight is 309 g/mol. The fourth-order valence-electron chi connectivity index (χ4n) is 1.79. The highest BCUT2D eigenvalue weighted by Crippen LogP contribution is 2.16. The van der Waals surface area contributed by atoms with Crippen LogP contribution in [-0.4, -0.2) is 14.8 Å². The van der Waals surface area contributed by atoms with Crippen molar-refractivity contribution in [2.24, 2.45) is 0 Å². The number of rotatable bonds is 5. The van der Waals surface area contributed by atoms with Gasteiger partial charge in [-0.2, -0.15) is 0 Å². The highest BCUT2D eigenvalue weighted by atomic mass is 79.9. The predicted octanol–water partition coefficient (Wildman–Crippen LogP) is 2.91. The van der Waals surface area contributed by atoms with Gasteiger partial charge in [-0.15, -0.1) is 10.2 Å². The summed E-state index contributed by atoms with van der Waals surface area (Å²) in [5, 5.41) is 11.5. The molecule has 1 heterocycles. The second-order valence-corrected chi connectivity index (χ2v) is 5.10. The van der Waals surface area contributed by atoms with Gasteiger partial charge in [-0.1, -0.05) is 28.1 Å². The van der Waals surface area contributed by atoms with Crippen LogP contribution in [-0.2, 0) is 13.1 Å². The Morgan fingerprint density at radius 3 is 2.72 bits per heavy atom. The first-order valence-corrected chi connectivity index (χ1v) is 6.85. The van der Waals surface area contributed by atoms with Gasteiger partial charge in [0.1, 0.15) is 12.2 Å². The normalized spacial score (nSPS) is 12.6. The second-order valence-electron chi connectivity index (χ2n) is 4.19. The average Bonchev–Trinajstić information content (AvgIpc) is 2.84. The summed E-state index contributed by atoms with van der Waals surface area (Å²) in [4.78, 5) is 0. The van der Waals surface area contributed by atoms with E-state index in [-0.39, 0.29) is 0 Å². The van der Waals surface area contributed by atoms with Crippen molar-refractivity contribution in [2.45, 2.75) is 33.0 Å². The Bertz CT molecular complexity index is 492. The first-order valence-electron chi connectivity index (χ1n) is 6.06. The number of nitrogens with one attached hydrogen (secondary N) is 1. The molecule has 0 spiro atoms. The Labute approximate surface area is 116 Å².